The number of H-pyrrole nitrogens is 1. The molecule has 1 aromatic heterocycles. The van der Waals surface area contributed by atoms with Crippen molar-refractivity contribution in [3.63, 3.8) is 0 Å². The molecule has 158 valence electrons. The summed E-state index contributed by atoms with van der Waals surface area (Å²) in [5.74, 6) is -0.768. The monoisotopic (exact) mass is 440 g/mol. The fourth-order valence-corrected chi connectivity index (χ4v) is 4.07. The third kappa shape index (κ3) is 4.19. The number of aromatic nitrogens is 2. The van der Waals surface area contributed by atoms with Crippen molar-refractivity contribution in [3.05, 3.63) is 78.2 Å². The Hall–Kier alpha value is -3.92. The predicted octanol–water partition coefficient (Wildman–Crippen LogP) is 3.76. The van der Waals surface area contributed by atoms with Crippen molar-refractivity contribution >= 4 is 38.2 Å². The lowest BCUT2D eigenvalue weighted by Gasteiger charge is -2.14. The highest BCUT2D eigenvalue weighted by Gasteiger charge is 2.19. The maximum Gasteiger partial charge on any atom is 0.276 e. The number of amides is 1. The van der Waals surface area contributed by atoms with Gasteiger partial charge in [-0.25, -0.2) is 12.8 Å². The van der Waals surface area contributed by atoms with E-state index in [9.17, 15) is 17.6 Å². The van der Waals surface area contributed by atoms with Gasteiger partial charge in [0.1, 0.15) is 11.6 Å². The summed E-state index contributed by atoms with van der Waals surface area (Å²) in [7, 11) is -2.62. The second-order valence-electron chi connectivity index (χ2n) is 6.55. The molecular formula is C21H17FN4O4S. The normalized spacial score (nSPS) is 11.3. The minimum atomic E-state index is -4.01. The van der Waals surface area contributed by atoms with Gasteiger partial charge < -0.3 is 10.1 Å². The number of carbonyl (C=O) groups excluding carboxylic acids is 1. The van der Waals surface area contributed by atoms with Crippen LogP contribution in [0.5, 0.6) is 5.75 Å². The Morgan fingerprint density at radius 2 is 1.81 bits per heavy atom. The van der Waals surface area contributed by atoms with Crippen molar-refractivity contribution in [3.8, 4) is 5.75 Å². The lowest BCUT2D eigenvalue weighted by Crippen LogP contribution is -2.15. The number of halogens is 1. The third-order valence-corrected chi connectivity index (χ3v) is 5.89. The van der Waals surface area contributed by atoms with Crippen LogP contribution in [0.3, 0.4) is 0 Å². The fourth-order valence-electron chi connectivity index (χ4n) is 3.01. The number of sulfonamides is 1. The number of fused-ring (bicyclic) bond motifs is 1. The first-order valence-electron chi connectivity index (χ1n) is 9.08. The standard InChI is InChI=1S/C21H17FN4O4S/c1-30-19-11-8-14(23-21(27)20-16-4-2-3-5-17(16)24-25-20)12-18(19)26-31(28,29)15-9-6-13(22)7-10-15/h2-12,26H,1H3,(H,23,27)(H,24,25). The highest BCUT2D eigenvalue weighted by atomic mass is 32.2. The topological polar surface area (TPSA) is 113 Å². The molecule has 31 heavy (non-hydrogen) atoms. The quantitative estimate of drug-likeness (QED) is 0.423. The summed E-state index contributed by atoms with van der Waals surface area (Å²) in [6, 6.07) is 16.1. The fraction of sp³-hybridized carbons (Fsp3) is 0.0476. The highest BCUT2D eigenvalue weighted by Crippen LogP contribution is 2.30. The molecule has 0 saturated heterocycles. The molecule has 0 radical (unpaired) electrons. The molecule has 4 aromatic rings. The van der Waals surface area contributed by atoms with E-state index < -0.39 is 21.7 Å². The molecule has 1 amide bonds. The van der Waals surface area contributed by atoms with Gasteiger partial charge in [0.2, 0.25) is 0 Å². The number of hydrogen-bond acceptors (Lipinski definition) is 5. The van der Waals surface area contributed by atoms with Crippen LogP contribution < -0.4 is 14.8 Å². The first-order valence-corrected chi connectivity index (χ1v) is 10.6. The zero-order valence-corrected chi connectivity index (χ0v) is 17.0. The number of rotatable bonds is 6. The van der Waals surface area contributed by atoms with E-state index in [4.69, 9.17) is 4.74 Å². The molecule has 10 heteroatoms. The van der Waals surface area contributed by atoms with Crippen LogP contribution in [-0.2, 0) is 10.0 Å². The average molecular weight is 440 g/mol. The maximum absolute atomic E-state index is 13.1. The number of nitrogens with zero attached hydrogens (tertiary/aromatic N) is 1. The van der Waals surface area contributed by atoms with Crippen molar-refractivity contribution in [2.45, 2.75) is 4.90 Å². The molecule has 0 unspecified atom stereocenters. The summed E-state index contributed by atoms with van der Waals surface area (Å²) in [5, 5.41) is 10.2. The maximum atomic E-state index is 13.1. The van der Waals surface area contributed by atoms with Crippen LogP contribution in [-0.4, -0.2) is 31.6 Å². The number of ether oxygens (including phenoxy) is 1. The predicted molar refractivity (Wildman–Crippen MR) is 114 cm³/mol. The molecule has 0 atom stereocenters. The van der Waals surface area contributed by atoms with Crippen molar-refractivity contribution in [2.75, 3.05) is 17.1 Å². The number of aromatic amines is 1. The largest absolute Gasteiger partial charge is 0.495 e. The molecule has 1 heterocycles. The van der Waals surface area contributed by atoms with Crippen LogP contribution in [0.15, 0.2) is 71.6 Å². The van der Waals surface area contributed by atoms with Gasteiger partial charge in [0.15, 0.2) is 5.69 Å². The van der Waals surface area contributed by atoms with Crippen LogP contribution in [0.2, 0.25) is 0 Å². The van der Waals surface area contributed by atoms with Gasteiger partial charge >= 0.3 is 0 Å². The number of benzene rings is 3. The van der Waals surface area contributed by atoms with E-state index in [0.29, 0.717) is 11.1 Å². The number of carbonyl (C=O) groups is 1. The Labute approximate surface area is 177 Å². The number of para-hydroxylation sites is 1. The summed E-state index contributed by atoms with van der Waals surface area (Å²) >= 11 is 0. The van der Waals surface area contributed by atoms with Crippen molar-refractivity contribution < 1.29 is 22.3 Å². The van der Waals surface area contributed by atoms with E-state index in [1.807, 2.05) is 6.07 Å². The van der Waals surface area contributed by atoms with Crippen molar-refractivity contribution in [1.29, 1.82) is 0 Å². The first kappa shape index (κ1) is 20.4. The summed E-state index contributed by atoms with van der Waals surface area (Å²) < 4.78 is 46.1. The van der Waals surface area contributed by atoms with Gasteiger partial charge in [-0.15, -0.1) is 0 Å². The van der Waals surface area contributed by atoms with Gasteiger partial charge in [-0.3, -0.25) is 14.6 Å². The molecule has 0 bridgehead atoms. The SMILES string of the molecule is COc1ccc(NC(=O)c2n[nH]c3ccccc23)cc1NS(=O)(=O)c1ccc(F)cc1. The van der Waals surface area contributed by atoms with Gasteiger partial charge in [-0.2, -0.15) is 5.10 Å². The molecule has 0 fully saturated rings. The van der Waals surface area contributed by atoms with Crippen LogP contribution in [0, 0.1) is 5.82 Å². The Morgan fingerprint density at radius 3 is 2.55 bits per heavy atom. The number of hydrogen-bond donors (Lipinski definition) is 3. The number of methoxy groups -OCH3 is 1. The minimum Gasteiger partial charge on any atom is -0.495 e. The Kier molecular flexibility index (Phi) is 5.30. The molecule has 0 aliphatic rings. The van der Waals surface area contributed by atoms with Gasteiger partial charge in [-0.05, 0) is 48.5 Å². The van der Waals surface area contributed by atoms with Gasteiger partial charge in [-0.1, -0.05) is 18.2 Å². The Bertz CT molecular complexity index is 1370. The molecule has 4 rings (SSSR count). The number of anilines is 2. The summed E-state index contributed by atoms with van der Waals surface area (Å²) in [4.78, 5) is 12.6. The highest BCUT2D eigenvalue weighted by molar-refractivity contribution is 7.92. The summed E-state index contributed by atoms with van der Waals surface area (Å²) in [5.41, 5.74) is 1.36. The van der Waals surface area contributed by atoms with E-state index in [2.05, 4.69) is 20.2 Å². The Morgan fingerprint density at radius 1 is 1.06 bits per heavy atom. The molecule has 0 aliphatic heterocycles. The Balaban J connectivity index is 1.61. The van der Waals surface area contributed by atoms with E-state index in [0.717, 1.165) is 29.8 Å². The minimum absolute atomic E-state index is 0.108. The lowest BCUT2D eigenvalue weighted by molar-refractivity contribution is 0.102. The smallest absolute Gasteiger partial charge is 0.276 e. The summed E-state index contributed by atoms with van der Waals surface area (Å²) in [6.45, 7) is 0. The van der Waals surface area contributed by atoms with Crippen LogP contribution in [0.4, 0.5) is 15.8 Å². The van der Waals surface area contributed by atoms with Crippen LogP contribution >= 0.6 is 0 Å². The van der Waals surface area contributed by atoms with Gasteiger partial charge in [0.05, 0.1) is 23.2 Å². The zero-order chi connectivity index (χ0) is 22.0. The number of nitrogens with one attached hydrogen (secondary N) is 3. The second kappa shape index (κ2) is 8.07. The molecule has 0 spiro atoms. The van der Waals surface area contributed by atoms with Crippen molar-refractivity contribution in [2.24, 2.45) is 0 Å². The third-order valence-electron chi connectivity index (χ3n) is 4.51. The molecule has 3 N–H and O–H groups in total. The molecule has 3 aromatic carbocycles. The summed E-state index contributed by atoms with van der Waals surface area (Å²) in [6.07, 6.45) is 0. The lowest BCUT2D eigenvalue weighted by atomic mass is 10.2. The van der Waals surface area contributed by atoms with E-state index in [-0.39, 0.29) is 22.0 Å². The average Bonchev–Trinajstić information content (AvgIpc) is 3.18. The second-order valence-corrected chi connectivity index (χ2v) is 8.23. The van der Waals surface area contributed by atoms with Gasteiger partial charge in [0, 0.05) is 11.1 Å². The van der Waals surface area contributed by atoms with E-state index in [1.54, 1.807) is 24.3 Å². The molecule has 0 saturated carbocycles. The van der Waals surface area contributed by atoms with Crippen LogP contribution in [0.25, 0.3) is 10.9 Å². The zero-order valence-electron chi connectivity index (χ0n) is 16.2. The first-order chi connectivity index (χ1) is 14.9. The molecule has 8 nitrogen and oxygen atoms in total. The van der Waals surface area contributed by atoms with Crippen molar-refractivity contribution in [1.82, 2.24) is 10.2 Å². The molecule has 0 aliphatic carbocycles. The molecular weight excluding hydrogens is 423 g/mol. The van der Waals surface area contributed by atoms with Gasteiger partial charge in [0.25, 0.3) is 15.9 Å². The van der Waals surface area contributed by atoms with Crippen LogP contribution in [0.1, 0.15) is 10.5 Å². The van der Waals surface area contributed by atoms with E-state index >= 15 is 0 Å². The van der Waals surface area contributed by atoms with E-state index in [1.165, 1.54) is 19.2 Å².